The van der Waals surface area contributed by atoms with E-state index in [1.54, 1.807) is 6.92 Å². The molecule has 1 atom stereocenters. The standard InChI is InChI=1S/C25H31N3O3/c1-17-22(18(2)31-26-17)24(30)27-13-7-12-25(16-27)14-20-10-5-6-11-21(20)15-28(25)23(29)19-8-3-4-9-19/h5-6,10-11,19H,3-4,7-9,12-16H2,1-2H3. The van der Waals surface area contributed by atoms with Crippen molar-refractivity contribution in [3.8, 4) is 0 Å². The summed E-state index contributed by atoms with van der Waals surface area (Å²) in [7, 11) is 0. The summed E-state index contributed by atoms with van der Waals surface area (Å²) in [6.07, 6.45) is 6.92. The lowest BCUT2D eigenvalue weighted by Gasteiger charge is -2.53. The van der Waals surface area contributed by atoms with Crippen LogP contribution in [-0.4, -0.2) is 45.4 Å². The van der Waals surface area contributed by atoms with Crippen molar-refractivity contribution in [2.24, 2.45) is 5.92 Å². The average molecular weight is 422 g/mol. The first-order valence-corrected chi connectivity index (χ1v) is 11.6. The van der Waals surface area contributed by atoms with Crippen molar-refractivity contribution in [2.45, 2.75) is 70.9 Å². The van der Waals surface area contributed by atoms with E-state index in [1.165, 1.54) is 11.1 Å². The second kappa shape index (κ2) is 7.81. The lowest BCUT2D eigenvalue weighted by molar-refractivity contribution is -0.146. The Labute approximate surface area is 183 Å². The van der Waals surface area contributed by atoms with Gasteiger partial charge in [0.25, 0.3) is 5.91 Å². The molecule has 1 spiro atoms. The highest BCUT2D eigenvalue weighted by atomic mass is 16.5. The number of benzene rings is 1. The second-order valence-corrected chi connectivity index (χ2v) is 9.61. The summed E-state index contributed by atoms with van der Waals surface area (Å²) >= 11 is 0. The zero-order chi connectivity index (χ0) is 21.6. The van der Waals surface area contributed by atoms with Crippen molar-refractivity contribution in [1.29, 1.82) is 0 Å². The zero-order valence-corrected chi connectivity index (χ0v) is 18.5. The number of hydrogen-bond donors (Lipinski definition) is 0. The molecule has 3 aliphatic rings. The van der Waals surface area contributed by atoms with Gasteiger partial charge in [-0.15, -0.1) is 0 Å². The number of piperidine rings is 1. The van der Waals surface area contributed by atoms with Gasteiger partial charge in [-0.05, 0) is 57.1 Å². The molecule has 1 aromatic heterocycles. The van der Waals surface area contributed by atoms with Crippen molar-refractivity contribution in [1.82, 2.24) is 15.0 Å². The lowest BCUT2D eigenvalue weighted by Crippen LogP contribution is -2.64. The molecule has 1 saturated carbocycles. The summed E-state index contributed by atoms with van der Waals surface area (Å²) in [6, 6.07) is 8.47. The third-order valence-electron chi connectivity index (χ3n) is 7.60. The Morgan fingerprint density at radius 2 is 1.84 bits per heavy atom. The number of rotatable bonds is 2. The van der Waals surface area contributed by atoms with Crippen molar-refractivity contribution < 1.29 is 14.1 Å². The molecule has 1 aliphatic carbocycles. The van der Waals surface area contributed by atoms with Gasteiger partial charge < -0.3 is 14.3 Å². The summed E-state index contributed by atoms with van der Waals surface area (Å²) < 4.78 is 5.26. The van der Waals surface area contributed by atoms with Crippen molar-refractivity contribution in [3.05, 3.63) is 52.4 Å². The van der Waals surface area contributed by atoms with Crippen LogP contribution < -0.4 is 0 Å². The molecule has 31 heavy (non-hydrogen) atoms. The maximum Gasteiger partial charge on any atom is 0.259 e. The highest BCUT2D eigenvalue weighted by Gasteiger charge is 2.48. The number of fused-ring (bicyclic) bond motifs is 1. The number of carbonyl (C=O) groups excluding carboxylic acids is 2. The topological polar surface area (TPSA) is 66.7 Å². The van der Waals surface area contributed by atoms with E-state index in [0.717, 1.165) is 44.9 Å². The van der Waals surface area contributed by atoms with Crippen LogP contribution >= 0.6 is 0 Å². The fourth-order valence-corrected chi connectivity index (χ4v) is 5.97. The number of carbonyl (C=O) groups is 2. The molecule has 0 radical (unpaired) electrons. The van der Waals surface area contributed by atoms with Gasteiger partial charge in [0.05, 0.1) is 11.2 Å². The molecule has 2 aromatic rings. The molecule has 2 amide bonds. The Morgan fingerprint density at radius 1 is 1.10 bits per heavy atom. The summed E-state index contributed by atoms with van der Waals surface area (Å²) in [5.74, 6) is 0.965. The maximum absolute atomic E-state index is 13.7. The molecule has 1 unspecified atom stereocenters. The van der Waals surface area contributed by atoms with Gasteiger partial charge in [0.1, 0.15) is 11.3 Å². The predicted molar refractivity (Wildman–Crippen MR) is 116 cm³/mol. The second-order valence-electron chi connectivity index (χ2n) is 9.61. The molecule has 0 bridgehead atoms. The third-order valence-corrected chi connectivity index (χ3v) is 7.60. The zero-order valence-electron chi connectivity index (χ0n) is 18.5. The summed E-state index contributed by atoms with van der Waals surface area (Å²) in [4.78, 5) is 31.2. The number of hydrogen-bond acceptors (Lipinski definition) is 4. The van der Waals surface area contributed by atoms with Crippen molar-refractivity contribution >= 4 is 11.8 Å². The minimum absolute atomic E-state index is 0.0255. The first-order chi connectivity index (χ1) is 15.0. The number of amides is 2. The van der Waals surface area contributed by atoms with Crippen LogP contribution in [0.25, 0.3) is 0 Å². The molecule has 6 nitrogen and oxygen atoms in total. The molecular formula is C25H31N3O3. The van der Waals surface area contributed by atoms with Crippen LogP contribution in [0.2, 0.25) is 0 Å². The Balaban J connectivity index is 1.49. The smallest absolute Gasteiger partial charge is 0.259 e. The van der Waals surface area contributed by atoms with E-state index in [9.17, 15) is 9.59 Å². The SMILES string of the molecule is Cc1noc(C)c1C(=O)N1CCCC2(Cc3ccccc3CN2C(=O)C2CCCC2)C1. The van der Waals surface area contributed by atoms with E-state index in [1.807, 2.05) is 11.8 Å². The van der Waals surface area contributed by atoms with Crippen LogP contribution in [0.4, 0.5) is 0 Å². The van der Waals surface area contributed by atoms with E-state index in [-0.39, 0.29) is 17.4 Å². The number of nitrogens with zero attached hydrogens (tertiary/aromatic N) is 3. The Morgan fingerprint density at radius 3 is 2.55 bits per heavy atom. The maximum atomic E-state index is 13.7. The van der Waals surface area contributed by atoms with Gasteiger partial charge in [-0.25, -0.2) is 0 Å². The van der Waals surface area contributed by atoms with Crippen LogP contribution in [0.3, 0.4) is 0 Å². The number of aryl methyl sites for hydroxylation is 2. The Bertz CT molecular complexity index is 988. The quantitative estimate of drug-likeness (QED) is 0.734. The molecule has 164 valence electrons. The minimum atomic E-state index is -0.332. The fraction of sp³-hybridized carbons (Fsp3) is 0.560. The van der Waals surface area contributed by atoms with Gasteiger partial charge in [-0.1, -0.05) is 42.3 Å². The summed E-state index contributed by atoms with van der Waals surface area (Å²) in [5.41, 5.74) is 3.43. The van der Waals surface area contributed by atoms with Gasteiger partial charge in [0.2, 0.25) is 5.91 Å². The summed E-state index contributed by atoms with van der Waals surface area (Å²) in [6.45, 7) is 5.54. The normalized spacial score (nSPS) is 23.9. The molecule has 1 aromatic carbocycles. The average Bonchev–Trinajstić information content (AvgIpc) is 3.42. The van der Waals surface area contributed by atoms with Crippen molar-refractivity contribution in [3.63, 3.8) is 0 Å². The minimum Gasteiger partial charge on any atom is -0.361 e. The highest BCUT2D eigenvalue weighted by Crippen LogP contribution is 2.40. The Kier molecular flexibility index (Phi) is 5.11. The van der Waals surface area contributed by atoms with Crippen molar-refractivity contribution in [2.75, 3.05) is 13.1 Å². The van der Waals surface area contributed by atoms with Gasteiger partial charge in [-0.3, -0.25) is 9.59 Å². The number of likely N-dealkylation sites (tertiary alicyclic amines) is 1. The molecule has 2 fully saturated rings. The van der Waals surface area contributed by atoms with Crippen LogP contribution in [0.1, 0.15) is 71.5 Å². The highest BCUT2D eigenvalue weighted by molar-refractivity contribution is 5.96. The fourth-order valence-electron chi connectivity index (χ4n) is 5.97. The number of aromatic nitrogens is 1. The van der Waals surface area contributed by atoms with Crippen LogP contribution in [0.5, 0.6) is 0 Å². The van der Waals surface area contributed by atoms with E-state index in [2.05, 4.69) is 34.3 Å². The van der Waals surface area contributed by atoms with Gasteiger partial charge in [0.15, 0.2) is 0 Å². The van der Waals surface area contributed by atoms with Gasteiger partial charge >= 0.3 is 0 Å². The largest absolute Gasteiger partial charge is 0.361 e. The van der Waals surface area contributed by atoms with Gasteiger partial charge in [0, 0.05) is 25.6 Å². The predicted octanol–water partition coefficient (Wildman–Crippen LogP) is 4.04. The van der Waals surface area contributed by atoms with E-state index in [0.29, 0.717) is 42.6 Å². The molecule has 5 rings (SSSR count). The molecule has 1 saturated heterocycles. The Hall–Kier alpha value is -2.63. The van der Waals surface area contributed by atoms with Gasteiger partial charge in [-0.2, -0.15) is 0 Å². The molecule has 3 heterocycles. The summed E-state index contributed by atoms with van der Waals surface area (Å²) in [5, 5.41) is 3.97. The first kappa shape index (κ1) is 20.3. The monoisotopic (exact) mass is 421 g/mol. The van der Waals surface area contributed by atoms with E-state index >= 15 is 0 Å². The molecule has 0 N–H and O–H groups in total. The van der Waals surface area contributed by atoms with Crippen LogP contribution in [-0.2, 0) is 17.8 Å². The molecule has 6 heteroatoms. The van der Waals surface area contributed by atoms with Crippen LogP contribution in [0.15, 0.2) is 28.8 Å². The van der Waals surface area contributed by atoms with E-state index in [4.69, 9.17) is 4.52 Å². The first-order valence-electron chi connectivity index (χ1n) is 11.6. The van der Waals surface area contributed by atoms with E-state index < -0.39 is 0 Å². The molecule has 2 aliphatic heterocycles. The molecular weight excluding hydrogens is 390 g/mol. The lowest BCUT2D eigenvalue weighted by atomic mass is 9.76. The third kappa shape index (κ3) is 3.46. The van der Waals surface area contributed by atoms with Crippen LogP contribution in [0, 0.1) is 19.8 Å².